The van der Waals surface area contributed by atoms with Gasteiger partial charge in [0, 0.05) is 17.4 Å². The molecule has 0 saturated carbocycles. The van der Waals surface area contributed by atoms with Crippen molar-refractivity contribution in [3.8, 4) is 11.1 Å². The topological polar surface area (TPSA) is 69.8 Å². The molecule has 4 rings (SSSR count). The number of aromatic nitrogens is 2. The van der Waals surface area contributed by atoms with Gasteiger partial charge in [-0.3, -0.25) is 9.89 Å². The first kappa shape index (κ1) is 19.0. The summed E-state index contributed by atoms with van der Waals surface area (Å²) >= 11 is 12.1. The molecular weight excluding hydrogens is 395 g/mol. The van der Waals surface area contributed by atoms with Crippen LogP contribution in [0.25, 0.3) is 11.1 Å². The Morgan fingerprint density at radius 2 is 1.75 bits per heavy atom. The van der Waals surface area contributed by atoms with E-state index < -0.39 is 5.41 Å². The minimum Gasteiger partial charge on any atom is -0.325 e. The number of rotatable bonds is 4. The molecule has 0 unspecified atom stereocenters. The third-order valence-corrected chi connectivity index (χ3v) is 6.08. The molecule has 1 aliphatic rings. The van der Waals surface area contributed by atoms with Crippen molar-refractivity contribution >= 4 is 34.8 Å². The summed E-state index contributed by atoms with van der Waals surface area (Å²) in [5.74, 6) is -0.0246. The Bertz CT molecular complexity index is 965. The van der Waals surface area contributed by atoms with Crippen LogP contribution in [0.2, 0.25) is 10.0 Å². The van der Waals surface area contributed by atoms with E-state index in [0.717, 1.165) is 42.6 Å². The van der Waals surface area contributed by atoms with E-state index in [2.05, 4.69) is 20.8 Å². The number of benzene rings is 2. The molecule has 0 aliphatic carbocycles. The van der Waals surface area contributed by atoms with Crippen LogP contribution in [0.15, 0.2) is 54.9 Å². The molecule has 28 heavy (non-hydrogen) atoms. The minimum atomic E-state index is -0.591. The van der Waals surface area contributed by atoms with Gasteiger partial charge in [0.1, 0.15) is 0 Å². The molecule has 5 nitrogen and oxygen atoms in total. The second-order valence-electron chi connectivity index (χ2n) is 6.98. The number of halogens is 2. The number of hydrogen-bond donors (Lipinski definition) is 3. The smallest absolute Gasteiger partial charge is 0.235 e. The molecule has 3 N–H and O–H groups in total. The van der Waals surface area contributed by atoms with Crippen molar-refractivity contribution in [3.05, 3.63) is 70.5 Å². The van der Waals surface area contributed by atoms with E-state index in [9.17, 15) is 4.79 Å². The van der Waals surface area contributed by atoms with Crippen molar-refractivity contribution in [1.82, 2.24) is 15.5 Å². The molecule has 2 aromatic carbocycles. The summed E-state index contributed by atoms with van der Waals surface area (Å²) in [7, 11) is 0. The fourth-order valence-electron chi connectivity index (χ4n) is 3.72. The van der Waals surface area contributed by atoms with Gasteiger partial charge in [-0.05, 0) is 55.3 Å². The predicted molar refractivity (Wildman–Crippen MR) is 113 cm³/mol. The van der Waals surface area contributed by atoms with Gasteiger partial charge in [-0.25, -0.2) is 0 Å². The monoisotopic (exact) mass is 414 g/mol. The molecule has 0 spiro atoms. The largest absolute Gasteiger partial charge is 0.325 e. The number of carbonyl (C=O) groups is 1. The van der Waals surface area contributed by atoms with E-state index in [-0.39, 0.29) is 5.91 Å². The lowest BCUT2D eigenvalue weighted by molar-refractivity contribution is -0.122. The van der Waals surface area contributed by atoms with E-state index in [1.165, 1.54) is 0 Å². The molecule has 7 heteroatoms. The van der Waals surface area contributed by atoms with Crippen LogP contribution in [0.1, 0.15) is 18.4 Å². The quantitative estimate of drug-likeness (QED) is 0.581. The third kappa shape index (κ3) is 3.65. The molecule has 1 aliphatic heterocycles. The van der Waals surface area contributed by atoms with Gasteiger partial charge in [0.2, 0.25) is 5.91 Å². The zero-order valence-electron chi connectivity index (χ0n) is 15.1. The average molecular weight is 415 g/mol. The number of hydrogen-bond acceptors (Lipinski definition) is 3. The maximum absolute atomic E-state index is 13.4. The standard InChI is InChI=1S/C21H20Cl2N4O/c22-18-6-5-17(11-19(18)23)27-20(28)21(7-9-24-10-8-21)16-3-1-14(2-4-16)15-12-25-26-13-15/h1-6,11-13,24H,7-10H2,(H,25,26)(H,27,28). The number of H-pyrrole nitrogens is 1. The Morgan fingerprint density at radius 3 is 2.39 bits per heavy atom. The van der Waals surface area contributed by atoms with Crippen molar-refractivity contribution in [2.45, 2.75) is 18.3 Å². The van der Waals surface area contributed by atoms with E-state index in [1.807, 2.05) is 30.5 Å². The molecular formula is C21H20Cl2N4O. The summed E-state index contributed by atoms with van der Waals surface area (Å²) < 4.78 is 0. The fourth-order valence-corrected chi connectivity index (χ4v) is 4.01. The number of amides is 1. The van der Waals surface area contributed by atoms with Gasteiger partial charge < -0.3 is 10.6 Å². The summed E-state index contributed by atoms with van der Waals surface area (Å²) in [5.41, 5.74) is 3.15. The highest BCUT2D eigenvalue weighted by atomic mass is 35.5. The van der Waals surface area contributed by atoms with Gasteiger partial charge in [0.15, 0.2) is 0 Å². The molecule has 1 saturated heterocycles. The normalized spacial score (nSPS) is 15.9. The Kier molecular flexibility index (Phi) is 5.40. The van der Waals surface area contributed by atoms with Crippen LogP contribution in [0.5, 0.6) is 0 Å². The van der Waals surface area contributed by atoms with Gasteiger partial charge in [-0.15, -0.1) is 0 Å². The van der Waals surface area contributed by atoms with Gasteiger partial charge >= 0.3 is 0 Å². The Balaban J connectivity index is 1.64. The van der Waals surface area contributed by atoms with E-state index >= 15 is 0 Å². The molecule has 0 atom stereocenters. The van der Waals surface area contributed by atoms with Crippen molar-refractivity contribution < 1.29 is 4.79 Å². The highest BCUT2D eigenvalue weighted by Crippen LogP contribution is 2.36. The van der Waals surface area contributed by atoms with Crippen molar-refractivity contribution in [2.75, 3.05) is 18.4 Å². The third-order valence-electron chi connectivity index (χ3n) is 5.34. The molecule has 0 bridgehead atoms. The number of piperidine rings is 1. The first-order valence-electron chi connectivity index (χ1n) is 9.15. The first-order valence-corrected chi connectivity index (χ1v) is 9.91. The summed E-state index contributed by atoms with van der Waals surface area (Å²) in [6.45, 7) is 1.58. The second-order valence-corrected chi connectivity index (χ2v) is 7.79. The summed E-state index contributed by atoms with van der Waals surface area (Å²) in [6, 6.07) is 13.3. The lowest BCUT2D eigenvalue weighted by Gasteiger charge is -2.37. The zero-order valence-corrected chi connectivity index (χ0v) is 16.6. The number of carbonyl (C=O) groups excluding carboxylic acids is 1. The van der Waals surface area contributed by atoms with Gasteiger partial charge in [0.25, 0.3) is 0 Å². The zero-order chi connectivity index (χ0) is 19.6. The second kappa shape index (κ2) is 7.95. The van der Waals surface area contributed by atoms with E-state index in [4.69, 9.17) is 23.2 Å². The molecule has 2 heterocycles. The number of aromatic amines is 1. The summed E-state index contributed by atoms with van der Waals surface area (Å²) in [4.78, 5) is 13.4. The number of nitrogens with one attached hydrogen (secondary N) is 3. The summed E-state index contributed by atoms with van der Waals surface area (Å²) in [6.07, 6.45) is 5.09. The molecule has 1 fully saturated rings. The van der Waals surface area contributed by atoms with Gasteiger partial charge in [-0.1, -0.05) is 47.5 Å². The molecule has 1 amide bonds. The van der Waals surface area contributed by atoms with Crippen molar-refractivity contribution in [3.63, 3.8) is 0 Å². The highest BCUT2D eigenvalue weighted by molar-refractivity contribution is 6.42. The molecule has 0 radical (unpaired) electrons. The SMILES string of the molecule is O=C(Nc1ccc(Cl)c(Cl)c1)C1(c2ccc(-c3cn[nH]c3)cc2)CCNCC1. The van der Waals surface area contributed by atoms with Crippen LogP contribution in [-0.4, -0.2) is 29.2 Å². The lowest BCUT2D eigenvalue weighted by Crippen LogP contribution is -2.48. The van der Waals surface area contributed by atoms with Gasteiger partial charge in [0.05, 0.1) is 21.7 Å². The van der Waals surface area contributed by atoms with Crippen LogP contribution < -0.4 is 10.6 Å². The first-order chi connectivity index (χ1) is 13.6. The van der Waals surface area contributed by atoms with Crippen LogP contribution in [0.4, 0.5) is 5.69 Å². The maximum atomic E-state index is 13.4. The van der Waals surface area contributed by atoms with Gasteiger partial charge in [-0.2, -0.15) is 5.10 Å². The molecule has 3 aromatic rings. The maximum Gasteiger partial charge on any atom is 0.235 e. The van der Waals surface area contributed by atoms with Crippen molar-refractivity contribution in [1.29, 1.82) is 0 Å². The van der Waals surface area contributed by atoms with Crippen LogP contribution >= 0.6 is 23.2 Å². The predicted octanol–water partition coefficient (Wildman–Crippen LogP) is 4.64. The Labute approximate surface area is 173 Å². The molecule has 144 valence electrons. The van der Waals surface area contributed by atoms with Crippen LogP contribution in [0, 0.1) is 0 Å². The fraction of sp³-hybridized carbons (Fsp3) is 0.238. The van der Waals surface area contributed by atoms with Crippen molar-refractivity contribution in [2.24, 2.45) is 0 Å². The molecule has 1 aromatic heterocycles. The Morgan fingerprint density at radius 1 is 1.00 bits per heavy atom. The Hall–Kier alpha value is -2.34. The number of nitrogens with zero attached hydrogens (tertiary/aromatic N) is 1. The average Bonchev–Trinajstić information content (AvgIpc) is 3.26. The number of anilines is 1. The summed E-state index contributed by atoms with van der Waals surface area (Å²) in [5, 5.41) is 14.1. The van der Waals surface area contributed by atoms with Crippen LogP contribution in [0.3, 0.4) is 0 Å². The van der Waals surface area contributed by atoms with E-state index in [0.29, 0.717) is 15.7 Å². The van der Waals surface area contributed by atoms with Crippen LogP contribution in [-0.2, 0) is 10.2 Å². The lowest BCUT2D eigenvalue weighted by atomic mass is 9.72. The van der Waals surface area contributed by atoms with E-state index in [1.54, 1.807) is 24.4 Å². The highest BCUT2D eigenvalue weighted by Gasteiger charge is 2.41. The minimum absolute atomic E-state index is 0.0246.